The predicted octanol–water partition coefficient (Wildman–Crippen LogP) is 2.26. The first-order valence-corrected chi connectivity index (χ1v) is 4.30. The molecule has 0 bridgehead atoms. The Hall–Kier alpha value is -0.715. The molecule has 1 unspecified atom stereocenters. The van der Waals surface area contributed by atoms with Gasteiger partial charge >= 0.3 is 0 Å². The van der Waals surface area contributed by atoms with Crippen LogP contribution in [-0.2, 0) is 0 Å². The summed E-state index contributed by atoms with van der Waals surface area (Å²) in [6.07, 6.45) is 12.1. The van der Waals surface area contributed by atoms with E-state index in [2.05, 4.69) is 26.6 Å². The van der Waals surface area contributed by atoms with Crippen molar-refractivity contribution >= 4 is 7.85 Å². The minimum absolute atomic E-state index is 0.901. The first kappa shape index (κ1) is 8.38. The van der Waals surface area contributed by atoms with E-state index in [1.54, 1.807) is 5.57 Å². The molecule has 0 heterocycles. The molecule has 0 nitrogen and oxygen atoms in total. The van der Waals surface area contributed by atoms with Crippen LogP contribution < -0.4 is 0 Å². The molecule has 0 aromatic carbocycles. The van der Waals surface area contributed by atoms with Gasteiger partial charge in [-0.1, -0.05) is 48.7 Å². The lowest BCUT2D eigenvalue weighted by atomic mass is 9.86. The Labute approximate surface area is 70.1 Å². The summed E-state index contributed by atoms with van der Waals surface area (Å²) in [4.78, 5) is 0. The molecular formula is C10H15B. The van der Waals surface area contributed by atoms with Crippen molar-refractivity contribution in [1.29, 1.82) is 0 Å². The van der Waals surface area contributed by atoms with Gasteiger partial charge in [-0.3, -0.25) is 0 Å². The zero-order chi connectivity index (χ0) is 8.10. The van der Waals surface area contributed by atoms with Gasteiger partial charge in [0.05, 0.1) is 0 Å². The third-order valence-electron chi connectivity index (χ3n) is 2.15. The smallest absolute Gasteiger partial charge is 0.0991 e. The van der Waals surface area contributed by atoms with Crippen molar-refractivity contribution in [3.05, 3.63) is 36.5 Å². The van der Waals surface area contributed by atoms with E-state index in [0.717, 1.165) is 5.82 Å². The Morgan fingerprint density at radius 2 is 2.27 bits per heavy atom. The van der Waals surface area contributed by atoms with Crippen molar-refractivity contribution in [3.63, 3.8) is 0 Å². The molecule has 1 atom stereocenters. The molecule has 0 spiro atoms. The average molecular weight is 146 g/mol. The van der Waals surface area contributed by atoms with E-state index in [-0.39, 0.29) is 0 Å². The van der Waals surface area contributed by atoms with Crippen molar-refractivity contribution in [3.8, 4) is 0 Å². The maximum Gasteiger partial charge on any atom is 0.105 e. The van der Waals surface area contributed by atoms with E-state index in [9.17, 15) is 0 Å². The fourth-order valence-corrected chi connectivity index (χ4v) is 1.51. The van der Waals surface area contributed by atoms with Gasteiger partial charge in [-0.25, -0.2) is 0 Å². The quantitative estimate of drug-likeness (QED) is 0.414. The van der Waals surface area contributed by atoms with Gasteiger partial charge in [0.25, 0.3) is 0 Å². The molecule has 1 heteroatoms. The second-order valence-electron chi connectivity index (χ2n) is 3.29. The van der Waals surface area contributed by atoms with Gasteiger partial charge in [-0.05, 0) is 12.8 Å². The highest BCUT2D eigenvalue weighted by Crippen LogP contribution is 2.31. The number of hydrogen-bond acceptors (Lipinski definition) is 0. The molecule has 1 fully saturated rings. The third-order valence-corrected chi connectivity index (χ3v) is 2.15. The highest BCUT2D eigenvalue weighted by molar-refractivity contribution is 6.12. The monoisotopic (exact) mass is 146 g/mol. The highest BCUT2D eigenvalue weighted by Gasteiger charge is 2.13. The van der Waals surface area contributed by atoms with Crippen LogP contribution in [0, 0.1) is 0 Å². The van der Waals surface area contributed by atoms with Crippen molar-refractivity contribution in [2.45, 2.75) is 25.1 Å². The fraction of sp³-hybridized carbons (Fsp3) is 0.400. The molecular weight excluding hydrogens is 131 g/mol. The van der Waals surface area contributed by atoms with Gasteiger partial charge < -0.3 is 0 Å². The lowest BCUT2D eigenvalue weighted by Gasteiger charge is -1.93. The third kappa shape index (κ3) is 2.79. The molecule has 11 heavy (non-hydrogen) atoms. The van der Waals surface area contributed by atoms with E-state index in [1.165, 1.54) is 19.3 Å². The average Bonchev–Trinajstić information content (AvgIpc) is 2.37. The molecule has 0 aromatic heterocycles. The van der Waals surface area contributed by atoms with Crippen LogP contribution in [0.4, 0.5) is 0 Å². The number of rotatable bonds is 2. The zero-order valence-corrected chi connectivity index (χ0v) is 7.22. The van der Waals surface area contributed by atoms with Gasteiger partial charge in [0, 0.05) is 0 Å². The van der Waals surface area contributed by atoms with Gasteiger partial charge in [0.2, 0.25) is 0 Å². The standard InChI is InChI=1S/C10H15B/c1-2-3-4-5-9-6-7-10(11)8-9/h2-5,10H,1,6-8,11H2/b4-3-,9-5-. The van der Waals surface area contributed by atoms with Crippen molar-refractivity contribution in [2.24, 2.45) is 0 Å². The minimum Gasteiger partial charge on any atom is -0.0991 e. The van der Waals surface area contributed by atoms with Crippen molar-refractivity contribution in [1.82, 2.24) is 0 Å². The second kappa shape index (κ2) is 4.22. The molecule has 0 N–H and O–H groups in total. The summed E-state index contributed by atoms with van der Waals surface area (Å²) in [6, 6.07) is 0. The van der Waals surface area contributed by atoms with Crippen LogP contribution in [0.15, 0.2) is 36.5 Å². The van der Waals surface area contributed by atoms with Crippen LogP contribution in [-0.4, -0.2) is 7.85 Å². The highest BCUT2D eigenvalue weighted by atomic mass is 14.1. The van der Waals surface area contributed by atoms with Crippen LogP contribution in [0.1, 0.15) is 19.3 Å². The molecule has 58 valence electrons. The molecule has 1 rings (SSSR count). The topological polar surface area (TPSA) is 0 Å². The van der Waals surface area contributed by atoms with Gasteiger partial charge in [0.15, 0.2) is 0 Å². The molecule has 0 aromatic rings. The van der Waals surface area contributed by atoms with Gasteiger partial charge in [0.1, 0.15) is 7.85 Å². The maximum atomic E-state index is 3.62. The molecule has 0 radical (unpaired) electrons. The first-order chi connectivity index (χ1) is 5.33. The van der Waals surface area contributed by atoms with Gasteiger partial charge in [-0.2, -0.15) is 0 Å². The molecule has 0 amide bonds. The van der Waals surface area contributed by atoms with E-state index in [0.29, 0.717) is 0 Å². The van der Waals surface area contributed by atoms with Crippen LogP contribution >= 0.6 is 0 Å². The molecule has 0 aliphatic heterocycles. The largest absolute Gasteiger partial charge is 0.105 e. The van der Waals surface area contributed by atoms with Crippen molar-refractivity contribution < 1.29 is 0 Å². The summed E-state index contributed by atoms with van der Waals surface area (Å²) >= 11 is 0. The van der Waals surface area contributed by atoms with E-state index >= 15 is 0 Å². The normalized spacial score (nSPS) is 28.4. The fourth-order valence-electron chi connectivity index (χ4n) is 1.51. The Kier molecular flexibility index (Phi) is 3.22. The Morgan fingerprint density at radius 1 is 1.45 bits per heavy atom. The summed E-state index contributed by atoms with van der Waals surface area (Å²) in [6.45, 7) is 3.62. The van der Waals surface area contributed by atoms with Crippen LogP contribution in [0.3, 0.4) is 0 Å². The van der Waals surface area contributed by atoms with Crippen LogP contribution in [0.2, 0.25) is 5.82 Å². The summed E-state index contributed by atoms with van der Waals surface area (Å²) in [7, 11) is 2.32. The summed E-state index contributed by atoms with van der Waals surface area (Å²) in [5, 5.41) is 0. The first-order valence-electron chi connectivity index (χ1n) is 4.30. The summed E-state index contributed by atoms with van der Waals surface area (Å²) in [5.41, 5.74) is 1.59. The van der Waals surface area contributed by atoms with Gasteiger partial charge in [-0.15, -0.1) is 0 Å². The molecule has 1 aliphatic carbocycles. The van der Waals surface area contributed by atoms with E-state index in [4.69, 9.17) is 0 Å². The minimum atomic E-state index is 0.901. The summed E-state index contributed by atoms with van der Waals surface area (Å²) < 4.78 is 0. The predicted molar refractivity (Wildman–Crippen MR) is 53.6 cm³/mol. The number of hydrogen-bond donors (Lipinski definition) is 0. The number of allylic oxidation sites excluding steroid dienone is 5. The van der Waals surface area contributed by atoms with E-state index in [1.807, 2.05) is 12.2 Å². The van der Waals surface area contributed by atoms with Crippen LogP contribution in [0.25, 0.3) is 0 Å². The lowest BCUT2D eigenvalue weighted by Crippen LogP contribution is -1.79. The molecule has 1 aliphatic rings. The van der Waals surface area contributed by atoms with Crippen molar-refractivity contribution in [2.75, 3.05) is 0 Å². The Morgan fingerprint density at radius 3 is 2.82 bits per heavy atom. The molecule has 1 saturated carbocycles. The van der Waals surface area contributed by atoms with E-state index < -0.39 is 0 Å². The SMILES string of the molecule is BC1CC/C(=C/C=C\C=C)C1. The molecule has 0 saturated heterocycles. The lowest BCUT2D eigenvalue weighted by molar-refractivity contribution is 0.880. The van der Waals surface area contributed by atoms with Crippen LogP contribution in [0.5, 0.6) is 0 Å². The maximum absolute atomic E-state index is 3.62. The Balaban J connectivity index is 2.41. The second-order valence-corrected chi connectivity index (χ2v) is 3.29. The summed E-state index contributed by atoms with van der Waals surface area (Å²) in [5.74, 6) is 0.901. The zero-order valence-electron chi connectivity index (χ0n) is 7.22. The Bertz CT molecular complexity index is 189.